The number of pyridine rings is 1. The summed E-state index contributed by atoms with van der Waals surface area (Å²) in [4.78, 5) is 28.4. The van der Waals surface area contributed by atoms with Gasteiger partial charge in [0.2, 0.25) is 11.9 Å². The lowest BCUT2D eigenvalue weighted by molar-refractivity contribution is -0.122. The molecule has 2 heterocycles. The lowest BCUT2D eigenvalue weighted by Crippen LogP contribution is -2.58. The highest BCUT2D eigenvalue weighted by atomic mass is 35.5. The molecule has 0 saturated heterocycles. The molecule has 0 aromatic carbocycles. The molecule has 172 valence electrons. The molecule has 10 heteroatoms. The van der Waals surface area contributed by atoms with Crippen molar-refractivity contribution in [3.63, 3.8) is 0 Å². The van der Waals surface area contributed by atoms with Crippen molar-refractivity contribution in [3.8, 4) is 0 Å². The smallest absolute Gasteiger partial charge is 0.288 e. The fourth-order valence-corrected chi connectivity index (χ4v) is 5.58. The normalized spacial score (nSPS) is 25.7. The minimum atomic E-state index is -0.806. The molecule has 2 aromatic rings. The Morgan fingerprint density at radius 1 is 1.31 bits per heavy atom. The zero-order valence-electron chi connectivity index (χ0n) is 18.2. The summed E-state index contributed by atoms with van der Waals surface area (Å²) in [5.74, 6) is 0.493. The van der Waals surface area contributed by atoms with Crippen molar-refractivity contribution in [2.45, 2.75) is 52.7 Å². The molecule has 3 aliphatic carbocycles. The van der Waals surface area contributed by atoms with Gasteiger partial charge < -0.3 is 10.6 Å². The SMILES string of the molecule is C[C@H]1[C@H](Nc2cnn(CC(=O)NCc3ccnc(F)c3Cl)c(=O)c2Cl)C[C@H]2C[C@@H]1C2(C)C. The summed E-state index contributed by atoms with van der Waals surface area (Å²) in [7, 11) is 0. The maximum absolute atomic E-state index is 13.4. The molecule has 3 saturated carbocycles. The van der Waals surface area contributed by atoms with E-state index >= 15 is 0 Å². The molecule has 3 fully saturated rings. The van der Waals surface area contributed by atoms with Gasteiger partial charge in [0.15, 0.2) is 0 Å². The molecule has 32 heavy (non-hydrogen) atoms. The van der Waals surface area contributed by atoms with Gasteiger partial charge in [-0.2, -0.15) is 9.49 Å². The molecule has 0 radical (unpaired) electrons. The number of nitrogens with zero attached hydrogens (tertiary/aromatic N) is 3. The number of fused-ring (bicyclic) bond motifs is 2. The van der Waals surface area contributed by atoms with Crippen LogP contribution in [-0.4, -0.2) is 26.7 Å². The van der Waals surface area contributed by atoms with E-state index in [9.17, 15) is 14.0 Å². The Morgan fingerprint density at radius 3 is 2.75 bits per heavy atom. The van der Waals surface area contributed by atoms with E-state index in [0.29, 0.717) is 34.4 Å². The van der Waals surface area contributed by atoms with E-state index in [1.165, 1.54) is 24.9 Å². The van der Waals surface area contributed by atoms with Crippen LogP contribution in [0.3, 0.4) is 0 Å². The number of amides is 1. The minimum absolute atomic E-state index is 0.00250. The predicted octanol–water partition coefficient (Wildman–Crippen LogP) is 3.88. The fraction of sp³-hybridized carbons (Fsp3) is 0.545. The van der Waals surface area contributed by atoms with Crippen LogP contribution in [0.2, 0.25) is 10.0 Å². The Bertz CT molecular complexity index is 1110. The summed E-state index contributed by atoms with van der Waals surface area (Å²) >= 11 is 12.2. The van der Waals surface area contributed by atoms with Crippen molar-refractivity contribution in [1.29, 1.82) is 0 Å². The molecule has 1 amide bonds. The van der Waals surface area contributed by atoms with Crippen LogP contribution in [0.4, 0.5) is 10.1 Å². The maximum atomic E-state index is 13.4. The van der Waals surface area contributed by atoms with Crippen molar-refractivity contribution in [3.05, 3.63) is 50.4 Å². The molecule has 7 nitrogen and oxygen atoms in total. The zero-order chi connectivity index (χ0) is 23.2. The molecule has 0 spiro atoms. The maximum Gasteiger partial charge on any atom is 0.288 e. The molecular weight excluding hydrogens is 456 g/mol. The van der Waals surface area contributed by atoms with Crippen LogP contribution in [0.25, 0.3) is 0 Å². The molecule has 2 N–H and O–H groups in total. The average molecular weight is 482 g/mol. The third-order valence-corrected chi connectivity index (χ3v) is 8.14. The van der Waals surface area contributed by atoms with Crippen LogP contribution in [0.15, 0.2) is 23.3 Å². The van der Waals surface area contributed by atoms with Gasteiger partial charge in [-0.05, 0) is 47.6 Å². The first-order valence-corrected chi connectivity index (χ1v) is 11.4. The molecule has 2 bridgehead atoms. The van der Waals surface area contributed by atoms with Gasteiger partial charge in [-0.3, -0.25) is 9.59 Å². The Morgan fingerprint density at radius 2 is 2.06 bits per heavy atom. The molecule has 4 atom stereocenters. The van der Waals surface area contributed by atoms with Crippen LogP contribution >= 0.6 is 23.2 Å². The summed E-state index contributed by atoms with van der Waals surface area (Å²) in [5, 5.41) is 9.98. The van der Waals surface area contributed by atoms with Crippen molar-refractivity contribution < 1.29 is 9.18 Å². The molecule has 0 unspecified atom stereocenters. The highest BCUT2D eigenvalue weighted by Crippen LogP contribution is 2.61. The monoisotopic (exact) mass is 481 g/mol. The molecule has 2 aromatic heterocycles. The summed E-state index contributed by atoms with van der Waals surface area (Å²) in [6, 6.07) is 1.74. The zero-order valence-corrected chi connectivity index (χ0v) is 19.7. The summed E-state index contributed by atoms with van der Waals surface area (Å²) < 4.78 is 14.4. The highest BCUT2D eigenvalue weighted by molar-refractivity contribution is 6.33. The van der Waals surface area contributed by atoms with E-state index < -0.39 is 17.4 Å². The summed E-state index contributed by atoms with van der Waals surface area (Å²) in [6.45, 7) is 6.59. The number of carbonyl (C=O) groups is 1. The predicted molar refractivity (Wildman–Crippen MR) is 121 cm³/mol. The quantitative estimate of drug-likeness (QED) is 0.611. The number of hydrogen-bond donors (Lipinski definition) is 2. The van der Waals surface area contributed by atoms with E-state index in [0.717, 1.165) is 11.1 Å². The van der Waals surface area contributed by atoms with Gasteiger partial charge in [0, 0.05) is 18.8 Å². The molecular formula is C22H26Cl2FN5O2. The van der Waals surface area contributed by atoms with Crippen molar-refractivity contribution >= 4 is 34.8 Å². The van der Waals surface area contributed by atoms with Gasteiger partial charge in [-0.25, -0.2) is 9.67 Å². The van der Waals surface area contributed by atoms with E-state index in [4.69, 9.17) is 23.2 Å². The van der Waals surface area contributed by atoms with Crippen LogP contribution in [0.5, 0.6) is 0 Å². The standard InChI is InChI=1S/C22H26Cl2FN5O2/c1-11-14-6-13(22(14,2)3)7-15(11)29-16-9-28-30(21(32)19(16)24)10-17(31)27-8-12-4-5-26-20(25)18(12)23/h4-5,9,11,13-15,29H,6-8,10H2,1-3H3,(H,27,31)/t11-,13-,14+,15-/m1/s1. The lowest BCUT2D eigenvalue weighted by atomic mass is 9.45. The fourth-order valence-electron chi connectivity index (χ4n) is 5.20. The van der Waals surface area contributed by atoms with E-state index in [1.807, 2.05) is 0 Å². The van der Waals surface area contributed by atoms with E-state index in [2.05, 4.69) is 41.5 Å². The van der Waals surface area contributed by atoms with Crippen molar-refractivity contribution in [1.82, 2.24) is 20.1 Å². The van der Waals surface area contributed by atoms with Crippen LogP contribution < -0.4 is 16.2 Å². The van der Waals surface area contributed by atoms with Gasteiger partial charge in [0.1, 0.15) is 16.6 Å². The summed E-state index contributed by atoms with van der Waals surface area (Å²) in [6.07, 6.45) is 5.04. The molecule has 5 rings (SSSR count). The molecule has 3 aliphatic rings. The van der Waals surface area contributed by atoms with E-state index in [1.54, 1.807) is 0 Å². The van der Waals surface area contributed by atoms with Crippen LogP contribution in [0, 0.1) is 29.1 Å². The van der Waals surface area contributed by atoms with Crippen LogP contribution in [-0.2, 0) is 17.9 Å². The lowest BCUT2D eigenvalue weighted by Gasteiger charge is -2.62. The Labute approximate surface area is 195 Å². The largest absolute Gasteiger partial charge is 0.379 e. The number of rotatable bonds is 6. The minimum Gasteiger partial charge on any atom is -0.379 e. The molecule has 0 aliphatic heterocycles. The second-order valence-corrected chi connectivity index (χ2v) is 10.1. The second-order valence-electron chi connectivity index (χ2n) is 9.39. The summed E-state index contributed by atoms with van der Waals surface area (Å²) in [5.41, 5.74) is 0.688. The Hall–Kier alpha value is -2.19. The number of anilines is 1. The van der Waals surface area contributed by atoms with Gasteiger partial charge >= 0.3 is 0 Å². The van der Waals surface area contributed by atoms with Gasteiger partial charge in [-0.15, -0.1) is 0 Å². The van der Waals surface area contributed by atoms with Crippen LogP contribution in [0.1, 0.15) is 39.2 Å². The van der Waals surface area contributed by atoms with E-state index in [-0.39, 0.29) is 29.2 Å². The van der Waals surface area contributed by atoms with Crippen molar-refractivity contribution in [2.24, 2.45) is 23.2 Å². The average Bonchev–Trinajstić information content (AvgIpc) is 2.75. The number of nitrogens with one attached hydrogen (secondary N) is 2. The van der Waals surface area contributed by atoms with Gasteiger partial charge in [0.05, 0.1) is 11.9 Å². The Kier molecular flexibility index (Phi) is 6.20. The second kappa shape index (κ2) is 8.63. The Balaban J connectivity index is 1.39. The van der Waals surface area contributed by atoms with Gasteiger partial charge in [-0.1, -0.05) is 44.0 Å². The first-order valence-electron chi connectivity index (χ1n) is 10.7. The third kappa shape index (κ3) is 4.10. The number of aromatic nitrogens is 3. The number of hydrogen-bond acceptors (Lipinski definition) is 5. The van der Waals surface area contributed by atoms with Gasteiger partial charge in [0.25, 0.3) is 5.56 Å². The number of carbonyl (C=O) groups excluding carboxylic acids is 1. The highest BCUT2D eigenvalue weighted by Gasteiger charge is 2.56. The van der Waals surface area contributed by atoms with Crippen molar-refractivity contribution in [2.75, 3.05) is 5.32 Å². The first kappa shape index (κ1) is 23.0. The third-order valence-electron chi connectivity index (χ3n) is 7.38. The topological polar surface area (TPSA) is 88.9 Å². The first-order chi connectivity index (χ1) is 15.1. The number of halogens is 3.